The summed E-state index contributed by atoms with van der Waals surface area (Å²) in [7, 11) is 0. The third kappa shape index (κ3) is 3.39. The van der Waals surface area contributed by atoms with Gasteiger partial charge in [0.25, 0.3) is 0 Å². The first-order valence-corrected chi connectivity index (χ1v) is 5.60. The number of hydrogen-bond donors (Lipinski definition) is 0. The normalized spacial score (nSPS) is 9.67. The molecule has 3 aromatic rings. The Morgan fingerprint density at radius 2 is 0.889 bits per heavy atom. The second-order valence-electron chi connectivity index (χ2n) is 3.79. The lowest BCUT2D eigenvalue weighted by Crippen LogP contribution is -1.73. The van der Waals surface area contributed by atoms with Crippen LogP contribution < -0.4 is 0 Å². The smallest absolute Gasteiger partial charge is 0.126 e. The number of benzene rings is 3. The van der Waals surface area contributed by atoms with Gasteiger partial charge in [0.15, 0.2) is 0 Å². The van der Waals surface area contributed by atoms with Gasteiger partial charge in [-0.1, -0.05) is 54.6 Å². The van der Waals surface area contributed by atoms with Gasteiger partial charge >= 0.3 is 0 Å². The average molecular weight is 242 g/mol. The van der Waals surface area contributed by atoms with E-state index in [0.717, 1.165) is 6.07 Å². The highest BCUT2D eigenvalue weighted by Gasteiger charge is 1.88. The van der Waals surface area contributed by atoms with Gasteiger partial charge in [0, 0.05) is 6.07 Å². The summed E-state index contributed by atoms with van der Waals surface area (Å²) in [6, 6.07) is 21.3. The molecule has 2 heteroatoms. The van der Waals surface area contributed by atoms with Crippen LogP contribution in [0, 0.1) is 11.6 Å². The lowest BCUT2D eigenvalue weighted by Gasteiger charge is -1.92. The highest BCUT2D eigenvalue weighted by atomic mass is 19.1. The van der Waals surface area contributed by atoms with Crippen LogP contribution in [0.3, 0.4) is 0 Å². The van der Waals surface area contributed by atoms with E-state index in [4.69, 9.17) is 0 Å². The molecule has 0 bridgehead atoms. The van der Waals surface area contributed by atoms with E-state index in [9.17, 15) is 8.78 Å². The van der Waals surface area contributed by atoms with Crippen molar-refractivity contribution < 1.29 is 8.78 Å². The van der Waals surface area contributed by atoms with E-state index in [1.165, 1.54) is 29.0 Å². The van der Waals surface area contributed by atoms with Crippen LogP contribution in [0.2, 0.25) is 0 Å². The Hall–Kier alpha value is -2.22. The van der Waals surface area contributed by atoms with Gasteiger partial charge in [0.1, 0.15) is 11.6 Å². The molecule has 0 N–H and O–H groups in total. The molecule has 3 rings (SSSR count). The SMILES string of the molecule is Fc1cccc(F)c1.c1ccc2ccccc2c1. The largest absolute Gasteiger partial charge is 0.207 e. The van der Waals surface area contributed by atoms with Crippen molar-refractivity contribution in [2.75, 3.05) is 0 Å². The maximum Gasteiger partial charge on any atom is 0.126 e. The molecule has 0 aliphatic heterocycles. The minimum absolute atomic E-state index is 0.537. The van der Waals surface area contributed by atoms with Gasteiger partial charge in [-0.3, -0.25) is 0 Å². The van der Waals surface area contributed by atoms with Crippen LogP contribution in [-0.2, 0) is 0 Å². The Kier molecular flexibility index (Phi) is 4.02. The quantitative estimate of drug-likeness (QED) is 0.531. The minimum atomic E-state index is -0.537. The number of fused-ring (bicyclic) bond motifs is 1. The molecule has 18 heavy (non-hydrogen) atoms. The summed E-state index contributed by atoms with van der Waals surface area (Å²) in [5, 5.41) is 2.62. The molecule has 0 fully saturated rings. The number of halogens is 2. The van der Waals surface area contributed by atoms with Crippen LogP contribution in [0.4, 0.5) is 8.78 Å². The van der Waals surface area contributed by atoms with Crippen molar-refractivity contribution in [1.82, 2.24) is 0 Å². The van der Waals surface area contributed by atoms with Crippen molar-refractivity contribution >= 4 is 10.8 Å². The van der Waals surface area contributed by atoms with Crippen molar-refractivity contribution in [3.8, 4) is 0 Å². The first-order valence-electron chi connectivity index (χ1n) is 5.60. The maximum absolute atomic E-state index is 11.9. The van der Waals surface area contributed by atoms with E-state index in [-0.39, 0.29) is 0 Å². The summed E-state index contributed by atoms with van der Waals surface area (Å²) in [5.74, 6) is -1.07. The molecule has 0 aliphatic carbocycles. The van der Waals surface area contributed by atoms with Crippen LogP contribution in [0.1, 0.15) is 0 Å². The van der Waals surface area contributed by atoms with Crippen LogP contribution in [-0.4, -0.2) is 0 Å². The van der Waals surface area contributed by atoms with Gasteiger partial charge in [-0.2, -0.15) is 0 Å². The fourth-order valence-electron chi connectivity index (χ4n) is 1.59. The van der Waals surface area contributed by atoms with Crippen LogP contribution in [0.15, 0.2) is 72.8 Å². The standard InChI is InChI=1S/C10H8.C6H4F2/c1-2-6-10-8-4-3-7-9(10)5-1;7-5-2-1-3-6(8)4-5/h1-8H;1-4H. The van der Waals surface area contributed by atoms with Gasteiger partial charge < -0.3 is 0 Å². The van der Waals surface area contributed by atoms with Gasteiger partial charge in [-0.05, 0) is 22.9 Å². The molecule has 0 aliphatic rings. The zero-order valence-electron chi connectivity index (χ0n) is 9.68. The van der Waals surface area contributed by atoms with E-state index >= 15 is 0 Å². The Balaban J connectivity index is 0.000000138. The lowest BCUT2D eigenvalue weighted by atomic mass is 10.1. The minimum Gasteiger partial charge on any atom is -0.207 e. The van der Waals surface area contributed by atoms with Gasteiger partial charge in [0.2, 0.25) is 0 Å². The topological polar surface area (TPSA) is 0 Å². The van der Waals surface area contributed by atoms with E-state index < -0.39 is 11.6 Å². The Bertz CT molecular complexity index is 550. The van der Waals surface area contributed by atoms with E-state index in [1.54, 1.807) is 0 Å². The molecule has 0 saturated carbocycles. The first kappa shape index (κ1) is 12.2. The second-order valence-corrected chi connectivity index (χ2v) is 3.79. The van der Waals surface area contributed by atoms with Crippen molar-refractivity contribution in [1.29, 1.82) is 0 Å². The van der Waals surface area contributed by atoms with Crippen molar-refractivity contribution in [2.45, 2.75) is 0 Å². The van der Waals surface area contributed by atoms with E-state index in [0.29, 0.717) is 0 Å². The molecule has 0 nitrogen and oxygen atoms in total. The predicted octanol–water partition coefficient (Wildman–Crippen LogP) is 4.80. The molecule has 3 aromatic carbocycles. The monoisotopic (exact) mass is 242 g/mol. The summed E-state index contributed by atoms with van der Waals surface area (Å²) in [6.45, 7) is 0. The summed E-state index contributed by atoms with van der Waals surface area (Å²) in [4.78, 5) is 0. The molecule has 0 heterocycles. The fraction of sp³-hybridized carbons (Fsp3) is 0. The van der Waals surface area contributed by atoms with Crippen molar-refractivity contribution in [3.05, 3.63) is 84.4 Å². The maximum atomic E-state index is 11.9. The third-order valence-corrected chi connectivity index (χ3v) is 2.45. The zero-order valence-corrected chi connectivity index (χ0v) is 9.68. The van der Waals surface area contributed by atoms with Gasteiger partial charge in [-0.25, -0.2) is 8.78 Å². The highest BCUT2D eigenvalue weighted by Crippen LogP contribution is 2.11. The first-order chi connectivity index (χ1) is 8.75. The Morgan fingerprint density at radius 3 is 1.17 bits per heavy atom. The van der Waals surface area contributed by atoms with Gasteiger partial charge in [0.05, 0.1) is 0 Å². The third-order valence-electron chi connectivity index (χ3n) is 2.45. The van der Waals surface area contributed by atoms with Crippen LogP contribution in [0.5, 0.6) is 0 Å². The summed E-state index contributed by atoms with van der Waals surface area (Å²) < 4.78 is 23.9. The average Bonchev–Trinajstić information content (AvgIpc) is 2.39. The molecule has 0 atom stereocenters. The van der Waals surface area contributed by atoms with Crippen LogP contribution in [0.25, 0.3) is 10.8 Å². The number of hydrogen-bond acceptors (Lipinski definition) is 0. The van der Waals surface area contributed by atoms with E-state index in [1.807, 2.05) is 0 Å². The Morgan fingerprint density at radius 1 is 0.500 bits per heavy atom. The highest BCUT2D eigenvalue weighted by molar-refractivity contribution is 5.81. The molecule has 0 spiro atoms. The molecular formula is C16H12F2. The fourth-order valence-corrected chi connectivity index (χ4v) is 1.59. The van der Waals surface area contributed by atoms with E-state index in [2.05, 4.69) is 48.5 Å². The molecule has 0 unspecified atom stereocenters. The van der Waals surface area contributed by atoms with Crippen LogP contribution >= 0.6 is 0 Å². The molecule has 90 valence electrons. The summed E-state index contributed by atoms with van der Waals surface area (Å²) >= 11 is 0. The number of rotatable bonds is 0. The Labute approximate surface area is 105 Å². The molecular weight excluding hydrogens is 230 g/mol. The molecule has 0 radical (unpaired) electrons. The molecule has 0 amide bonds. The molecule has 0 aromatic heterocycles. The second kappa shape index (κ2) is 5.92. The van der Waals surface area contributed by atoms with Crippen molar-refractivity contribution in [3.63, 3.8) is 0 Å². The summed E-state index contributed by atoms with van der Waals surface area (Å²) in [5.41, 5.74) is 0. The zero-order chi connectivity index (χ0) is 12.8. The van der Waals surface area contributed by atoms with Crippen molar-refractivity contribution in [2.24, 2.45) is 0 Å². The molecule has 0 saturated heterocycles. The van der Waals surface area contributed by atoms with Gasteiger partial charge in [-0.15, -0.1) is 0 Å². The predicted molar refractivity (Wildman–Crippen MR) is 70.3 cm³/mol. The lowest BCUT2D eigenvalue weighted by molar-refractivity contribution is 0.583. The summed E-state index contributed by atoms with van der Waals surface area (Å²) in [6.07, 6.45) is 0.